The van der Waals surface area contributed by atoms with Crippen LogP contribution < -0.4 is 10.0 Å². The number of rotatable bonds is 1. The van der Waals surface area contributed by atoms with Gasteiger partial charge in [0.25, 0.3) is 5.91 Å². The van der Waals surface area contributed by atoms with E-state index in [9.17, 15) is 13.2 Å². The average Bonchev–Trinajstić information content (AvgIpc) is 3.00. The highest BCUT2D eigenvalue weighted by atomic mass is 32.2. The predicted molar refractivity (Wildman–Crippen MR) is 92.9 cm³/mol. The van der Waals surface area contributed by atoms with Crippen molar-refractivity contribution in [2.75, 3.05) is 18.4 Å². The summed E-state index contributed by atoms with van der Waals surface area (Å²) in [6.45, 7) is 2.66. The van der Waals surface area contributed by atoms with Gasteiger partial charge in [0.15, 0.2) is 0 Å². The van der Waals surface area contributed by atoms with E-state index in [-0.39, 0.29) is 10.8 Å². The number of nitrogens with one attached hydrogen (secondary N) is 2. The maximum absolute atomic E-state index is 12.6. The zero-order valence-electron chi connectivity index (χ0n) is 13.5. The van der Waals surface area contributed by atoms with E-state index in [4.69, 9.17) is 0 Å². The number of piperidine rings is 1. The van der Waals surface area contributed by atoms with Gasteiger partial charge in [0.05, 0.1) is 11.4 Å². The zero-order chi connectivity index (χ0) is 17.7. The Labute approximate surface area is 149 Å². The molecule has 1 fully saturated rings. The van der Waals surface area contributed by atoms with Gasteiger partial charge < -0.3 is 10.2 Å². The molecule has 2 N–H and O–H groups in total. The summed E-state index contributed by atoms with van der Waals surface area (Å²) in [5.41, 5.74) is 0.467. The number of likely N-dealkylation sites (tertiary alicyclic amines) is 1. The van der Waals surface area contributed by atoms with Crippen molar-refractivity contribution in [2.45, 2.75) is 30.3 Å². The molecule has 1 amide bonds. The smallest absolute Gasteiger partial charge is 0.267 e. The molecule has 0 aliphatic carbocycles. The fraction of sp³-hybridized carbons (Fsp3) is 0.400. The molecule has 0 saturated carbocycles. The van der Waals surface area contributed by atoms with E-state index < -0.39 is 15.7 Å². The van der Waals surface area contributed by atoms with Crippen molar-refractivity contribution in [1.29, 1.82) is 0 Å². The Balaban J connectivity index is 1.54. The second-order valence-corrected chi connectivity index (χ2v) is 8.69. The van der Waals surface area contributed by atoms with Gasteiger partial charge in [-0.2, -0.15) is 4.72 Å². The molecular weight excluding hydrogens is 362 g/mol. The van der Waals surface area contributed by atoms with Gasteiger partial charge in [0.2, 0.25) is 10.0 Å². The van der Waals surface area contributed by atoms with Crippen molar-refractivity contribution in [2.24, 2.45) is 0 Å². The van der Waals surface area contributed by atoms with Crippen LogP contribution >= 0.6 is 11.5 Å². The topological polar surface area (TPSA) is 104 Å². The minimum absolute atomic E-state index is 0.0959. The summed E-state index contributed by atoms with van der Waals surface area (Å²) in [6, 6.07) is 6.85. The van der Waals surface area contributed by atoms with Crippen molar-refractivity contribution >= 4 is 33.2 Å². The molecule has 4 rings (SSSR count). The van der Waals surface area contributed by atoms with Crippen molar-refractivity contribution in [3.63, 3.8) is 0 Å². The summed E-state index contributed by atoms with van der Waals surface area (Å²) < 4.78 is 31.7. The van der Waals surface area contributed by atoms with Crippen LogP contribution in [0, 0.1) is 6.92 Å². The van der Waals surface area contributed by atoms with Gasteiger partial charge in [-0.3, -0.25) is 4.79 Å². The quantitative estimate of drug-likeness (QED) is 0.771. The highest BCUT2D eigenvalue weighted by molar-refractivity contribution is 7.89. The molecule has 25 heavy (non-hydrogen) atoms. The summed E-state index contributed by atoms with van der Waals surface area (Å²) >= 11 is 1.09. The van der Waals surface area contributed by atoms with Crippen molar-refractivity contribution in [3.05, 3.63) is 34.8 Å². The number of benzene rings is 1. The largest absolute Gasteiger partial charge is 0.365 e. The molecule has 1 saturated heterocycles. The van der Waals surface area contributed by atoms with Gasteiger partial charge >= 0.3 is 0 Å². The molecule has 2 aromatic rings. The standard InChI is InChI=1S/C15H17N5O3S2/c1-10-13(24-19-17-10)14(21)20-8-6-15(7-9-20)16-11-4-2-3-5-12(11)25(22,23)18-15/h2-5,16,18H,6-9H2,1H3. The Kier molecular flexibility index (Phi) is 3.78. The Morgan fingerprint density at radius 2 is 2.00 bits per heavy atom. The molecule has 132 valence electrons. The summed E-state index contributed by atoms with van der Waals surface area (Å²) in [7, 11) is -3.57. The summed E-state index contributed by atoms with van der Waals surface area (Å²) in [6.07, 6.45) is 0.967. The molecular formula is C15H17N5O3S2. The highest BCUT2D eigenvalue weighted by Gasteiger charge is 2.44. The normalized spacial score (nSPS) is 20.8. The number of aryl methyl sites for hydroxylation is 1. The van der Waals surface area contributed by atoms with Crippen LogP contribution in [-0.4, -0.2) is 47.6 Å². The number of fused-ring (bicyclic) bond motifs is 1. The molecule has 2 aliphatic heterocycles. The number of anilines is 1. The van der Waals surface area contributed by atoms with Crippen molar-refractivity contribution < 1.29 is 13.2 Å². The highest BCUT2D eigenvalue weighted by Crippen LogP contribution is 2.35. The maximum Gasteiger partial charge on any atom is 0.267 e. The number of aromatic nitrogens is 2. The Hall–Kier alpha value is -2.04. The van der Waals surface area contributed by atoms with Crippen LogP contribution in [0.25, 0.3) is 0 Å². The minimum atomic E-state index is -3.57. The van der Waals surface area contributed by atoms with Crippen molar-refractivity contribution in [3.8, 4) is 0 Å². The number of carbonyl (C=O) groups excluding carboxylic acids is 1. The third-order valence-electron chi connectivity index (χ3n) is 4.63. The van der Waals surface area contributed by atoms with E-state index >= 15 is 0 Å². The van der Waals surface area contributed by atoms with Crippen LogP contribution in [0.5, 0.6) is 0 Å². The third-order valence-corrected chi connectivity index (χ3v) is 7.04. The fourth-order valence-electron chi connectivity index (χ4n) is 3.29. The molecule has 1 spiro atoms. The molecule has 10 heteroatoms. The lowest BCUT2D eigenvalue weighted by molar-refractivity contribution is 0.0680. The lowest BCUT2D eigenvalue weighted by atomic mass is 9.97. The van der Waals surface area contributed by atoms with Crippen LogP contribution in [-0.2, 0) is 10.0 Å². The van der Waals surface area contributed by atoms with Gasteiger partial charge in [-0.1, -0.05) is 16.6 Å². The Morgan fingerprint density at radius 1 is 1.28 bits per heavy atom. The molecule has 0 bridgehead atoms. The fourth-order valence-corrected chi connectivity index (χ4v) is 5.46. The molecule has 0 radical (unpaired) electrons. The second kappa shape index (κ2) is 5.75. The molecule has 2 aliphatic rings. The van der Waals surface area contributed by atoms with E-state index in [1.807, 2.05) is 0 Å². The summed E-state index contributed by atoms with van der Waals surface area (Å²) in [5, 5.41) is 7.20. The van der Waals surface area contributed by atoms with E-state index in [1.54, 1.807) is 36.1 Å². The first-order valence-corrected chi connectivity index (χ1v) is 10.2. The number of amides is 1. The third kappa shape index (κ3) is 2.79. The van der Waals surface area contributed by atoms with E-state index in [2.05, 4.69) is 19.6 Å². The number of hydrogen-bond donors (Lipinski definition) is 2. The van der Waals surface area contributed by atoms with Gasteiger partial charge in [-0.15, -0.1) is 5.10 Å². The van der Waals surface area contributed by atoms with Crippen LogP contribution in [0.3, 0.4) is 0 Å². The first-order chi connectivity index (χ1) is 11.9. The monoisotopic (exact) mass is 379 g/mol. The van der Waals surface area contributed by atoms with Crippen LogP contribution in [0.15, 0.2) is 29.2 Å². The van der Waals surface area contributed by atoms with E-state index in [1.165, 1.54) is 0 Å². The predicted octanol–water partition coefficient (Wildman–Crippen LogP) is 1.18. The summed E-state index contributed by atoms with van der Waals surface area (Å²) in [4.78, 5) is 15.1. The number of hydrogen-bond acceptors (Lipinski definition) is 7. The molecule has 1 aromatic heterocycles. The Bertz CT molecular complexity index is 932. The maximum atomic E-state index is 12.6. The zero-order valence-corrected chi connectivity index (χ0v) is 15.2. The number of nitrogens with zero attached hydrogens (tertiary/aromatic N) is 3. The average molecular weight is 379 g/mol. The molecule has 0 unspecified atom stereocenters. The molecule has 1 aromatic carbocycles. The number of sulfonamides is 1. The van der Waals surface area contributed by atoms with Crippen molar-refractivity contribution in [1.82, 2.24) is 19.2 Å². The first kappa shape index (κ1) is 16.4. The number of para-hydroxylation sites is 1. The molecule has 3 heterocycles. The number of carbonyl (C=O) groups is 1. The van der Waals surface area contributed by atoms with Gasteiger partial charge in [-0.05, 0) is 30.6 Å². The van der Waals surface area contributed by atoms with Gasteiger partial charge in [-0.25, -0.2) is 8.42 Å². The second-order valence-electron chi connectivity index (χ2n) is 6.29. The Morgan fingerprint density at radius 3 is 2.68 bits per heavy atom. The van der Waals surface area contributed by atoms with Gasteiger partial charge in [0.1, 0.15) is 15.4 Å². The first-order valence-electron chi connectivity index (χ1n) is 7.90. The molecule has 0 atom stereocenters. The van der Waals surface area contributed by atoms with Crippen LogP contribution in [0.1, 0.15) is 28.2 Å². The lowest BCUT2D eigenvalue weighted by Gasteiger charge is -2.45. The summed E-state index contributed by atoms with van der Waals surface area (Å²) in [5.74, 6) is -0.0959. The SMILES string of the molecule is Cc1nnsc1C(=O)N1CCC2(CC1)Nc1ccccc1S(=O)(=O)N2. The van der Waals surface area contributed by atoms with Gasteiger partial charge in [0, 0.05) is 25.9 Å². The molecule has 8 nitrogen and oxygen atoms in total. The van der Waals surface area contributed by atoms with Crippen LogP contribution in [0.2, 0.25) is 0 Å². The minimum Gasteiger partial charge on any atom is -0.365 e. The van der Waals surface area contributed by atoms with E-state index in [0.717, 1.165) is 11.5 Å². The van der Waals surface area contributed by atoms with Crippen LogP contribution in [0.4, 0.5) is 5.69 Å². The van der Waals surface area contributed by atoms with E-state index in [0.29, 0.717) is 42.2 Å². The lowest BCUT2D eigenvalue weighted by Crippen LogP contribution is -2.62.